The molecule has 0 heterocycles. The molecule has 0 spiro atoms. The van der Waals surface area contributed by atoms with Crippen LogP contribution in [0.15, 0.2) is 24.3 Å². The zero-order chi connectivity index (χ0) is 30.4. The number of phenolic OH excluding ortho intramolecular Hbond substituents is 1. The van der Waals surface area contributed by atoms with Crippen molar-refractivity contribution in [2.24, 2.45) is 11.5 Å². The van der Waals surface area contributed by atoms with E-state index in [0.717, 1.165) is 0 Å². The van der Waals surface area contributed by atoms with Crippen LogP contribution >= 0.6 is 0 Å². The van der Waals surface area contributed by atoms with E-state index in [1.54, 1.807) is 0 Å². The Kier molecular flexibility index (Phi) is 13.6. The fourth-order valence-electron chi connectivity index (χ4n) is 3.42. The molecule has 0 aliphatic carbocycles. The van der Waals surface area contributed by atoms with Crippen molar-refractivity contribution in [2.45, 2.75) is 69.1 Å². The normalized spacial score (nSPS) is 13.6. The molecular formula is C24H33N5O11. The number of nitrogens with two attached hydrogens (primary N) is 2. The Labute approximate surface area is 228 Å². The number of nitrogens with one attached hydrogen (secondary N) is 3. The number of aromatic hydroxyl groups is 1. The first kappa shape index (κ1) is 33.3. The number of carbonyl (C=O) groups is 7. The number of primary amides is 1. The van der Waals surface area contributed by atoms with Crippen LogP contribution in [0.2, 0.25) is 0 Å². The first-order valence-electron chi connectivity index (χ1n) is 12.1. The second-order valence-corrected chi connectivity index (χ2v) is 8.87. The molecule has 0 aliphatic heterocycles. The second-order valence-electron chi connectivity index (χ2n) is 8.87. The van der Waals surface area contributed by atoms with Gasteiger partial charge in [0.25, 0.3) is 0 Å². The predicted molar refractivity (Wildman–Crippen MR) is 135 cm³/mol. The molecule has 0 fully saturated rings. The van der Waals surface area contributed by atoms with Crippen molar-refractivity contribution >= 4 is 41.5 Å². The number of hydrogen-bond acceptors (Lipinski definition) is 9. The van der Waals surface area contributed by atoms with Gasteiger partial charge in [-0.3, -0.25) is 28.8 Å². The monoisotopic (exact) mass is 567 g/mol. The standard InChI is InChI=1S/C24H33N5O11/c25-14(11-12-1-3-13(30)4-2-12)21(36)27-15(5-8-18(26)31)22(37)28-16(6-9-19(32)33)23(38)29-17(24(39)40)7-10-20(34)35/h1-4,14-17,30H,5-11,25H2,(H2,26,31)(H,27,36)(H,28,37)(H,29,38)(H,32,33)(H,34,35)(H,39,40). The Morgan fingerprint density at radius 3 is 1.55 bits per heavy atom. The van der Waals surface area contributed by atoms with Gasteiger partial charge < -0.3 is 47.8 Å². The number of benzene rings is 1. The van der Waals surface area contributed by atoms with E-state index in [9.17, 15) is 43.8 Å². The summed E-state index contributed by atoms with van der Waals surface area (Å²) in [5, 5.41) is 43.2. The van der Waals surface area contributed by atoms with E-state index in [1.165, 1.54) is 24.3 Å². The van der Waals surface area contributed by atoms with Crippen molar-refractivity contribution in [3.05, 3.63) is 29.8 Å². The minimum atomic E-state index is -1.64. The van der Waals surface area contributed by atoms with Crippen molar-refractivity contribution in [3.63, 3.8) is 0 Å². The summed E-state index contributed by atoms with van der Waals surface area (Å²) in [5.41, 5.74) is 11.7. The maximum atomic E-state index is 13.0. The lowest BCUT2D eigenvalue weighted by atomic mass is 10.0. The van der Waals surface area contributed by atoms with Crippen LogP contribution in [-0.2, 0) is 40.0 Å². The van der Waals surface area contributed by atoms with Crippen LogP contribution in [0.4, 0.5) is 0 Å². The number of phenols is 1. The lowest BCUT2D eigenvalue weighted by Crippen LogP contribution is -2.57. The predicted octanol–water partition coefficient (Wildman–Crippen LogP) is -2.20. The van der Waals surface area contributed by atoms with E-state index in [1.807, 2.05) is 0 Å². The minimum Gasteiger partial charge on any atom is -0.508 e. The number of carboxylic acids is 3. The fourth-order valence-corrected chi connectivity index (χ4v) is 3.42. The molecule has 4 atom stereocenters. The zero-order valence-corrected chi connectivity index (χ0v) is 21.4. The molecule has 0 aliphatic rings. The highest BCUT2D eigenvalue weighted by atomic mass is 16.4. The highest BCUT2D eigenvalue weighted by Gasteiger charge is 2.31. The van der Waals surface area contributed by atoms with E-state index in [4.69, 9.17) is 21.7 Å². The summed E-state index contributed by atoms with van der Waals surface area (Å²) in [6, 6.07) is 0.0195. The van der Waals surface area contributed by atoms with E-state index < -0.39 is 91.4 Å². The van der Waals surface area contributed by atoms with Crippen molar-refractivity contribution in [1.82, 2.24) is 16.0 Å². The molecule has 16 heteroatoms. The molecule has 0 aromatic heterocycles. The Morgan fingerprint density at radius 2 is 1.10 bits per heavy atom. The summed E-state index contributed by atoms with van der Waals surface area (Å²) in [6.45, 7) is 0. The maximum Gasteiger partial charge on any atom is 0.326 e. The summed E-state index contributed by atoms with van der Waals surface area (Å²) in [7, 11) is 0. The molecule has 0 saturated carbocycles. The van der Waals surface area contributed by atoms with Gasteiger partial charge in [0, 0.05) is 19.3 Å². The number of aliphatic carboxylic acids is 3. The molecule has 16 nitrogen and oxygen atoms in total. The van der Waals surface area contributed by atoms with Gasteiger partial charge in [0.1, 0.15) is 23.9 Å². The van der Waals surface area contributed by atoms with Crippen molar-refractivity contribution in [1.29, 1.82) is 0 Å². The minimum absolute atomic E-state index is 0.00279. The molecule has 1 aromatic rings. The molecule has 4 amide bonds. The van der Waals surface area contributed by atoms with Gasteiger partial charge in [-0.15, -0.1) is 0 Å². The van der Waals surface area contributed by atoms with Gasteiger partial charge in [-0.2, -0.15) is 0 Å². The zero-order valence-electron chi connectivity index (χ0n) is 21.4. The molecule has 0 bridgehead atoms. The highest BCUT2D eigenvalue weighted by Crippen LogP contribution is 2.11. The number of amides is 4. The lowest BCUT2D eigenvalue weighted by molar-refractivity contribution is -0.144. The fraction of sp³-hybridized carbons (Fsp3) is 0.458. The average molecular weight is 568 g/mol. The quantitative estimate of drug-likeness (QED) is 0.0913. The third kappa shape index (κ3) is 12.7. The molecular weight excluding hydrogens is 534 g/mol. The summed E-state index contributed by atoms with van der Waals surface area (Å²) in [5.74, 6) is -7.90. The Morgan fingerprint density at radius 1 is 0.675 bits per heavy atom. The first-order chi connectivity index (χ1) is 18.7. The van der Waals surface area contributed by atoms with Crippen LogP contribution < -0.4 is 27.4 Å². The summed E-state index contributed by atoms with van der Waals surface area (Å²) >= 11 is 0. The highest BCUT2D eigenvalue weighted by molar-refractivity contribution is 5.94. The van der Waals surface area contributed by atoms with Crippen LogP contribution in [0.25, 0.3) is 0 Å². The van der Waals surface area contributed by atoms with Gasteiger partial charge >= 0.3 is 17.9 Å². The molecule has 40 heavy (non-hydrogen) atoms. The molecule has 220 valence electrons. The van der Waals surface area contributed by atoms with Crippen LogP contribution in [0, 0.1) is 0 Å². The molecule has 11 N–H and O–H groups in total. The number of carboxylic acid groups (broad SMARTS) is 3. The van der Waals surface area contributed by atoms with Crippen LogP contribution in [0.5, 0.6) is 5.75 Å². The van der Waals surface area contributed by atoms with Gasteiger partial charge in [0.15, 0.2) is 0 Å². The van der Waals surface area contributed by atoms with Crippen molar-refractivity contribution < 1.29 is 54.0 Å². The van der Waals surface area contributed by atoms with E-state index in [2.05, 4.69) is 16.0 Å². The second kappa shape index (κ2) is 16.3. The van der Waals surface area contributed by atoms with E-state index >= 15 is 0 Å². The number of rotatable bonds is 18. The average Bonchev–Trinajstić information content (AvgIpc) is 2.86. The Bertz CT molecular complexity index is 1090. The maximum absolute atomic E-state index is 13.0. The third-order valence-electron chi connectivity index (χ3n) is 5.58. The lowest BCUT2D eigenvalue weighted by Gasteiger charge is -2.25. The van der Waals surface area contributed by atoms with Crippen molar-refractivity contribution in [2.75, 3.05) is 0 Å². The van der Waals surface area contributed by atoms with Crippen LogP contribution in [-0.4, -0.2) is 86.1 Å². The van der Waals surface area contributed by atoms with Crippen molar-refractivity contribution in [3.8, 4) is 5.75 Å². The van der Waals surface area contributed by atoms with E-state index in [0.29, 0.717) is 5.56 Å². The summed E-state index contributed by atoms with van der Waals surface area (Å²) in [4.78, 5) is 83.1. The number of hydrogen-bond donors (Lipinski definition) is 9. The van der Waals surface area contributed by atoms with Gasteiger partial charge in [-0.1, -0.05) is 12.1 Å². The Balaban J connectivity index is 3.04. The Hall–Kier alpha value is -4.73. The van der Waals surface area contributed by atoms with Crippen LogP contribution in [0.1, 0.15) is 44.1 Å². The summed E-state index contributed by atoms with van der Waals surface area (Å²) < 4.78 is 0. The van der Waals surface area contributed by atoms with E-state index in [-0.39, 0.29) is 25.0 Å². The molecule has 1 rings (SSSR count). The smallest absolute Gasteiger partial charge is 0.326 e. The first-order valence-corrected chi connectivity index (χ1v) is 12.1. The van der Waals surface area contributed by atoms with Gasteiger partial charge in [-0.05, 0) is 43.4 Å². The third-order valence-corrected chi connectivity index (χ3v) is 5.58. The SMILES string of the molecule is NC(=O)CCC(NC(=O)C(N)Cc1ccc(O)cc1)C(=O)NC(CCC(=O)O)C(=O)NC(CCC(=O)O)C(=O)O. The number of carbonyl (C=O) groups excluding carboxylic acids is 4. The topological polar surface area (TPSA) is 289 Å². The largest absolute Gasteiger partial charge is 0.508 e. The van der Waals surface area contributed by atoms with Gasteiger partial charge in [0.05, 0.1) is 6.04 Å². The van der Waals surface area contributed by atoms with Gasteiger partial charge in [0.2, 0.25) is 23.6 Å². The van der Waals surface area contributed by atoms with Crippen LogP contribution in [0.3, 0.4) is 0 Å². The molecule has 4 unspecified atom stereocenters. The van der Waals surface area contributed by atoms with Gasteiger partial charge in [-0.25, -0.2) is 4.79 Å². The molecule has 0 saturated heterocycles. The molecule has 0 radical (unpaired) electrons. The molecule has 1 aromatic carbocycles. The summed E-state index contributed by atoms with van der Waals surface area (Å²) in [6.07, 6.45) is -2.79.